The lowest BCUT2D eigenvalue weighted by atomic mass is 10.1. The molecule has 4 nitrogen and oxygen atoms in total. The lowest BCUT2D eigenvalue weighted by Gasteiger charge is -2.12. The van der Waals surface area contributed by atoms with Crippen molar-refractivity contribution in [2.75, 3.05) is 12.3 Å². The van der Waals surface area contributed by atoms with Gasteiger partial charge >= 0.3 is 0 Å². The zero-order valence-electron chi connectivity index (χ0n) is 8.91. The summed E-state index contributed by atoms with van der Waals surface area (Å²) < 4.78 is 7.44. The highest BCUT2D eigenvalue weighted by Crippen LogP contribution is 2.33. The van der Waals surface area contributed by atoms with Gasteiger partial charge < -0.3 is 10.5 Å². The lowest BCUT2D eigenvalue weighted by Crippen LogP contribution is -2.10. The maximum absolute atomic E-state index is 6.15. The SMILES string of the molecule is Nc1c2c(nn1C1CCCC1)COCC2. The molecular weight excluding hydrogens is 190 g/mol. The summed E-state index contributed by atoms with van der Waals surface area (Å²) in [5, 5.41) is 4.60. The molecule has 1 saturated carbocycles. The molecule has 2 heterocycles. The Balaban J connectivity index is 1.97. The Kier molecular flexibility index (Phi) is 2.16. The van der Waals surface area contributed by atoms with E-state index >= 15 is 0 Å². The van der Waals surface area contributed by atoms with Crippen molar-refractivity contribution in [3.8, 4) is 0 Å². The Morgan fingerprint density at radius 2 is 2.13 bits per heavy atom. The third kappa shape index (κ3) is 1.44. The zero-order chi connectivity index (χ0) is 10.3. The molecule has 4 heteroatoms. The molecule has 1 aromatic rings. The van der Waals surface area contributed by atoms with Crippen LogP contribution in [0.1, 0.15) is 43.0 Å². The molecule has 2 N–H and O–H groups in total. The quantitative estimate of drug-likeness (QED) is 0.761. The van der Waals surface area contributed by atoms with Crippen molar-refractivity contribution < 1.29 is 4.74 Å². The first kappa shape index (κ1) is 9.21. The molecule has 1 aliphatic carbocycles. The summed E-state index contributed by atoms with van der Waals surface area (Å²) in [4.78, 5) is 0. The molecule has 0 amide bonds. The summed E-state index contributed by atoms with van der Waals surface area (Å²) in [5.74, 6) is 0.889. The minimum Gasteiger partial charge on any atom is -0.384 e. The zero-order valence-corrected chi connectivity index (χ0v) is 8.91. The van der Waals surface area contributed by atoms with Gasteiger partial charge in [-0.3, -0.25) is 0 Å². The van der Waals surface area contributed by atoms with E-state index in [0.29, 0.717) is 12.6 Å². The molecule has 0 radical (unpaired) electrons. The van der Waals surface area contributed by atoms with Crippen LogP contribution in [0.4, 0.5) is 5.82 Å². The number of rotatable bonds is 1. The minimum absolute atomic E-state index is 0.538. The Morgan fingerprint density at radius 3 is 2.87 bits per heavy atom. The number of ether oxygens (including phenoxy) is 1. The predicted molar refractivity (Wildman–Crippen MR) is 57.5 cm³/mol. The molecule has 0 saturated heterocycles. The van der Waals surface area contributed by atoms with Gasteiger partial charge in [0.2, 0.25) is 0 Å². The van der Waals surface area contributed by atoms with Crippen LogP contribution in [0.3, 0.4) is 0 Å². The smallest absolute Gasteiger partial charge is 0.125 e. The second kappa shape index (κ2) is 3.52. The number of nitrogens with two attached hydrogens (primary N) is 1. The molecule has 1 aromatic heterocycles. The average molecular weight is 207 g/mol. The first-order valence-electron chi connectivity index (χ1n) is 5.80. The van der Waals surface area contributed by atoms with E-state index in [-0.39, 0.29) is 0 Å². The van der Waals surface area contributed by atoms with Gasteiger partial charge in [0.1, 0.15) is 5.82 Å². The molecule has 3 rings (SSSR count). The highest BCUT2D eigenvalue weighted by Gasteiger charge is 2.25. The largest absolute Gasteiger partial charge is 0.384 e. The summed E-state index contributed by atoms with van der Waals surface area (Å²) in [6.07, 6.45) is 6.00. The van der Waals surface area contributed by atoms with Crippen molar-refractivity contribution in [2.24, 2.45) is 0 Å². The van der Waals surface area contributed by atoms with E-state index in [2.05, 4.69) is 5.10 Å². The van der Waals surface area contributed by atoms with Gasteiger partial charge in [-0.1, -0.05) is 12.8 Å². The van der Waals surface area contributed by atoms with Crippen molar-refractivity contribution in [3.63, 3.8) is 0 Å². The Hall–Kier alpha value is -1.03. The molecule has 1 fully saturated rings. The summed E-state index contributed by atoms with van der Waals surface area (Å²) >= 11 is 0. The van der Waals surface area contributed by atoms with Crippen molar-refractivity contribution in [1.82, 2.24) is 9.78 Å². The second-order valence-corrected chi connectivity index (χ2v) is 4.50. The van der Waals surface area contributed by atoms with Crippen LogP contribution in [-0.4, -0.2) is 16.4 Å². The maximum atomic E-state index is 6.15. The van der Waals surface area contributed by atoms with Crippen LogP contribution in [0.25, 0.3) is 0 Å². The summed E-state index contributed by atoms with van der Waals surface area (Å²) in [5.41, 5.74) is 8.44. The van der Waals surface area contributed by atoms with Crippen LogP contribution in [0, 0.1) is 0 Å². The number of hydrogen-bond acceptors (Lipinski definition) is 3. The number of hydrogen-bond donors (Lipinski definition) is 1. The molecule has 0 spiro atoms. The summed E-state index contributed by atoms with van der Waals surface area (Å²) in [7, 11) is 0. The van der Waals surface area contributed by atoms with Gasteiger partial charge in [0, 0.05) is 12.0 Å². The topological polar surface area (TPSA) is 53.1 Å². The highest BCUT2D eigenvalue weighted by atomic mass is 16.5. The lowest BCUT2D eigenvalue weighted by molar-refractivity contribution is 0.108. The van der Waals surface area contributed by atoms with Crippen LogP contribution >= 0.6 is 0 Å². The molecule has 0 atom stereocenters. The van der Waals surface area contributed by atoms with Gasteiger partial charge in [0.05, 0.1) is 24.9 Å². The number of aromatic nitrogens is 2. The van der Waals surface area contributed by atoms with E-state index in [0.717, 1.165) is 24.5 Å². The Labute approximate surface area is 89.4 Å². The van der Waals surface area contributed by atoms with Crippen LogP contribution in [0.2, 0.25) is 0 Å². The van der Waals surface area contributed by atoms with E-state index in [9.17, 15) is 0 Å². The minimum atomic E-state index is 0.538. The normalized spacial score (nSPS) is 21.9. The van der Waals surface area contributed by atoms with E-state index < -0.39 is 0 Å². The number of nitrogens with zero attached hydrogens (tertiary/aromatic N) is 2. The highest BCUT2D eigenvalue weighted by molar-refractivity contribution is 5.44. The fourth-order valence-corrected chi connectivity index (χ4v) is 2.69. The van der Waals surface area contributed by atoms with Gasteiger partial charge in [-0.05, 0) is 12.8 Å². The van der Waals surface area contributed by atoms with Crippen molar-refractivity contribution in [1.29, 1.82) is 0 Å². The summed E-state index contributed by atoms with van der Waals surface area (Å²) in [6, 6.07) is 0.538. The van der Waals surface area contributed by atoms with Gasteiger partial charge in [-0.2, -0.15) is 5.10 Å². The van der Waals surface area contributed by atoms with E-state index in [1.807, 2.05) is 4.68 Å². The predicted octanol–water partition coefficient (Wildman–Crippen LogP) is 1.65. The van der Waals surface area contributed by atoms with Crippen molar-refractivity contribution >= 4 is 5.82 Å². The molecule has 0 bridgehead atoms. The monoisotopic (exact) mass is 207 g/mol. The third-order valence-corrected chi connectivity index (χ3v) is 3.54. The van der Waals surface area contributed by atoms with Crippen LogP contribution in [-0.2, 0) is 17.8 Å². The van der Waals surface area contributed by atoms with Crippen molar-refractivity contribution in [2.45, 2.75) is 44.8 Å². The van der Waals surface area contributed by atoms with Crippen LogP contribution < -0.4 is 5.73 Å². The van der Waals surface area contributed by atoms with Crippen LogP contribution in [0.15, 0.2) is 0 Å². The Bertz CT molecular complexity index is 366. The van der Waals surface area contributed by atoms with Crippen LogP contribution in [0.5, 0.6) is 0 Å². The first-order valence-corrected chi connectivity index (χ1v) is 5.80. The fraction of sp³-hybridized carbons (Fsp3) is 0.727. The van der Waals surface area contributed by atoms with Gasteiger partial charge in [0.25, 0.3) is 0 Å². The number of anilines is 1. The van der Waals surface area contributed by atoms with Gasteiger partial charge in [-0.15, -0.1) is 0 Å². The first-order chi connectivity index (χ1) is 7.36. The van der Waals surface area contributed by atoms with E-state index in [4.69, 9.17) is 10.5 Å². The molecular formula is C11H17N3O. The molecule has 0 aromatic carbocycles. The molecule has 2 aliphatic rings. The molecule has 82 valence electrons. The molecule has 15 heavy (non-hydrogen) atoms. The number of nitrogen functional groups attached to an aromatic ring is 1. The van der Waals surface area contributed by atoms with Gasteiger partial charge in [-0.25, -0.2) is 4.68 Å². The van der Waals surface area contributed by atoms with Gasteiger partial charge in [0.15, 0.2) is 0 Å². The fourth-order valence-electron chi connectivity index (χ4n) is 2.69. The second-order valence-electron chi connectivity index (χ2n) is 4.50. The average Bonchev–Trinajstić information content (AvgIpc) is 2.87. The Morgan fingerprint density at radius 1 is 1.33 bits per heavy atom. The maximum Gasteiger partial charge on any atom is 0.125 e. The number of fused-ring (bicyclic) bond motifs is 1. The molecule has 1 aliphatic heterocycles. The van der Waals surface area contributed by atoms with E-state index in [1.165, 1.54) is 31.2 Å². The molecule has 0 unspecified atom stereocenters. The summed E-state index contributed by atoms with van der Waals surface area (Å²) in [6.45, 7) is 1.42. The van der Waals surface area contributed by atoms with Crippen molar-refractivity contribution in [3.05, 3.63) is 11.3 Å². The third-order valence-electron chi connectivity index (χ3n) is 3.54. The standard InChI is InChI=1S/C11H17N3O/c12-11-9-5-6-15-7-10(9)13-14(11)8-3-1-2-4-8/h8H,1-7,12H2. The van der Waals surface area contributed by atoms with E-state index in [1.54, 1.807) is 0 Å².